The lowest BCUT2D eigenvalue weighted by molar-refractivity contribution is 0.0773. The van der Waals surface area contributed by atoms with Crippen molar-refractivity contribution in [2.24, 2.45) is 0 Å². The van der Waals surface area contributed by atoms with E-state index >= 15 is 0 Å². The Morgan fingerprint density at radius 1 is 1.22 bits per heavy atom. The van der Waals surface area contributed by atoms with Crippen LogP contribution in [-0.4, -0.2) is 36.0 Å². The highest BCUT2D eigenvalue weighted by molar-refractivity contribution is 9.10. The molecule has 0 bridgehead atoms. The van der Waals surface area contributed by atoms with Gasteiger partial charge in [0.15, 0.2) is 5.75 Å². The third kappa shape index (κ3) is 4.98. The third-order valence-electron chi connectivity index (χ3n) is 2.93. The van der Waals surface area contributed by atoms with E-state index in [4.69, 9.17) is 39.5 Å². The summed E-state index contributed by atoms with van der Waals surface area (Å²) in [5, 5.41) is 1.09. The number of likely N-dealkylation sites (N-methyl/N-ethyl adjacent to an activating group) is 1. The molecule has 0 saturated carbocycles. The Kier molecular flexibility index (Phi) is 6.53. The predicted molar refractivity (Wildman–Crippen MR) is 95.9 cm³/mol. The molecule has 1 aromatic carbocycles. The zero-order valence-corrected chi connectivity index (χ0v) is 15.9. The summed E-state index contributed by atoms with van der Waals surface area (Å²) in [6.07, 6.45) is 3.13. The molecular formula is C15H12BrCl3N2O2. The molecule has 0 saturated heterocycles. The number of pyridine rings is 1. The van der Waals surface area contributed by atoms with Crippen LogP contribution in [0.5, 0.6) is 5.75 Å². The van der Waals surface area contributed by atoms with Crippen LogP contribution in [-0.2, 0) is 0 Å². The van der Waals surface area contributed by atoms with Gasteiger partial charge in [0.25, 0.3) is 5.91 Å². The highest BCUT2D eigenvalue weighted by Gasteiger charge is 2.14. The Bertz CT molecular complexity index is 705. The molecule has 0 aliphatic rings. The van der Waals surface area contributed by atoms with Gasteiger partial charge in [-0.15, -0.1) is 0 Å². The zero-order chi connectivity index (χ0) is 17.0. The molecule has 0 N–H and O–H groups in total. The summed E-state index contributed by atoms with van der Waals surface area (Å²) in [5.41, 5.74) is 0.490. The second kappa shape index (κ2) is 8.20. The zero-order valence-electron chi connectivity index (χ0n) is 12.0. The standard InChI is InChI=1S/C15H12BrCl3N2O2/c1-21(15(22)9-4-10(16)8-20-7-9)2-3-23-14-12(18)5-11(17)6-13(14)19/h4-8H,2-3H2,1H3. The number of hydrogen-bond acceptors (Lipinski definition) is 3. The lowest BCUT2D eigenvalue weighted by Crippen LogP contribution is -2.31. The van der Waals surface area contributed by atoms with Crippen LogP contribution in [0.4, 0.5) is 0 Å². The van der Waals surface area contributed by atoms with Crippen LogP contribution in [0.3, 0.4) is 0 Å². The van der Waals surface area contributed by atoms with Gasteiger partial charge < -0.3 is 9.64 Å². The number of carbonyl (C=O) groups excluding carboxylic acids is 1. The predicted octanol–water partition coefficient (Wildman–Crippen LogP) is 4.96. The molecule has 0 fully saturated rings. The van der Waals surface area contributed by atoms with E-state index in [1.165, 1.54) is 11.1 Å². The molecular weight excluding hydrogens is 426 g/mol. The van der Waals surface area contributed by atoms with Crippen molar-refractivity contribution in [1.82, 2.24) is 9.88 Å². The van der Waals surface area contributed by atoms with E-state index in [1.54, 1.807) is 31.4 Å². The topological polar surface area (TPSA) is 42.4 Å². The molecule has 2 rings (SSSR count). The van der Waals surface area contributed by atoms with Gasteiger partial charge in [-0.2, -0.15) is 0 Å². The second-order valence-corrected chi connectivity index (χ2v) is 6.83. The smallest absolute Gasteiger partial charge is 0.255 e. The van der Waals surface area contributed by atoms with E-state index in [1.807, 2.05) is 0 Å². The average molecular weight is 439 g/mol. The van der Waals surface area contributed by atoms with E-state index in [0.717, 1.165) is 4.47 Å². The first-order chi connectivity index (χ1) is 10.9. The lowest BCUT2D eigenvalue weighted by atomic mass is 10.2. The number of ether oxygens (including phenoxy) is 1. The third-order valence-corrected chi connectivity index (χ3v) is 4.15. The van der Waals surface area contributed by atoms with Gasteiger partial charge in [-0.3, -0.25) is 9.78 Å². The quantitative estimate of drug-likeness (QED) is 0.663. The van der Waals surface area contributed by atoms with Crippen LogP contribution in [0.25, 0.3) is 0 Å². The lowest BCUT2D eigenvalue weighted by Gasteiger charge is -2.18. The molecule has 1 heterocycles. The van der Waals surface area contributed by atoms with Crippen molar-refractivity contribution < 1.29 is 9.53 Å². The van der Waals surface area contributed by atoms with Crippen molar-refractivity contribution in [3.8, 4) is 5.75 Å². The first-order valence-corrected chi connectivity index (χ1v) is 8.44. The number of amides is 1. The molecule has 4 nitrogen and oxygen atoms in total. The van der Waals surface area contributed by atoms with E-state index < -0.39 is 0 Å². The molecule has 1 amide bonds. The fraction of sp³-hybridized carbons (Fsp3) is 0.200. The van der Waals surface area contributed by atoms with Crippen LogP contribution < -0.4 is 4.74 Å². The average Bonchev–Trinajstić information content (AvgIpc) is 2.48. The Labute approximate surface area is 157 Å². The monoisotopic (exact) mass is 436 g/mol. The van der Waals surface area contributed by atoms with E-state index in [-0.39, 0.29) is 12.5 Å². The highest BCUT2D eigenvalue weighted by atomic mass is 79.9. The van der Waals surface area contributed by atoms with Gasteiger partial charge in [0.2, 0.25) is 0 Å². The summed E-state index contributed by atoms with van der Waals surface area (Å²) in [6.45, 7) is 0.603. The highest BCUT2D eigenvalue weighted by Crippen LogP contribution is 2.35. The molecule has 0 spiro atoms. The fourth-order valence-corrected chi connectivity index (χ4v) is 3.09. The van der Waals surface area contributed by atoms with Crippen LogP contribution in [0.2, 0.25) is 15.1 Å². The van der Waals surface area contributed by atoms with Crippen molar-refractivity contribution in [2.75, 3.05) is 20.2 Å². The van der Waals surface area contributed by atoms with Crippen LogP contribution in [0.1, 0.15) is 10.4 Å². The maximum absolute atomic E-state index is 12.3. The normalized spacial score (nSPS) is 10.5. The van der Waals surface area contributed by atoms with Crippen LogP contribution in [0, 0.1) is 0 Å². The van der Waals surface area contributed by atoms with Crippen molar-refractivity contribution in [2.45, 2.75) is 0 Å². The maximum Gasteiger partial charge on any atom is 0.255 e. The summed E-state index contributed by atoms with van der Waals surface area (Å²) in [6, 6.07) is 4.80. The molecule has 23 heavy (non-hydrogen) atoms. The van der Waals surface area contributed by atoms with Gasteiger partial charge in [-0.05, 0) is 34.1 Å². The molecule has 0 aliphatic carbocycles. The van der Waals surface area contributed by atoms with E-state index in [9.17, 15) is 4.79 Å². The molecule has 0 atom stereocenters. The van der Waals surface area contributed by atoms with Gasteiger partial charge in [0, 0.05) is 28.9 Å². The number of nitrogens with zero attached hydrogens (tertiary/aromatic N) is 2. The number of benzene rings is 1. The molecule has 0 radical (unpaired) electrons. The largest absolute Gasteiger partial charge is 0.489 e. The summed E-state index contributed by atoms with van der Waals surface area (Å²) in [7, 11) is 1.68. The Morgan fingerprint density at radius 3 is 2.48 bits per heavy atom. The molecule has 0 unspecified atom stereocenters. The summed E-state index contributed by atoms with van der Waals surface area (Å²) in [5.74, 6) is 0.193. The Morgan fingerprint density at radius 2 is 1.87 bits per heavy atom. The molecule has 1 aromatic heterocycles. The number of carbonyl (C=O) groups is 1. The first kappa shape index (κ1) is 18.3. The first-order valence-electron chi connectivity index (χ1n) is 6.52. The molecule has 0 aliphatic heterocycles. The molecule has 2 aromatic rings. The number of hydrogen-bond donors (Lipinski definition) is 0. The van der Waals surface area contributed by atoms with Crippen LogP contribution in [0.15, 0.2) is 35.1 Å². The van der Waals surface area contributed by atoms with Crippen molar-refractivity contribution in [1.29, 1.82) is 0 Å². The van der Waals surface area contributed by atoms with Crippen molar-refractivity contribution in [3.05, 3.63) is 55.7 Å². The summed E-state index contributed by atoms with van der Waals surface area (Å²) >= 11 is 21.2. The van der Waals surface area contributed by atoms with Gasteiger partial charge in [0.05, 0.1) is 22.2 Å². The number of halogens is 4. The molecule has 122 valence electrons. The minimum absolute atomic E-state index is 0.157. The number of rotatable bonds is 5. The minimum Gasteiger partial charge on any atom is -0.489 e. The van der Waals surface area contributed by atoms with Crippen molar-refractivity contribution in [3.63, 3.8) is 0 Å². The maximum atomic E-state index is 12.3. The summed E-state index contributed by atoms with van der Waals surface area (Å²) in [4.78, 5) is 17.8. The minimum atomic E-state index is -0.157. The second-order valence-electron chi connectivity index (χ2n) is 4.67. The fourth-order valence-electron chi connectivity index (χ4n) is 1.80. The van der Waals surface area contributed by atoms with Gasteiger partial charge >= 0.3 is 0 Å². The van der Waals surface area contributed by atoms with Gasteiger partial charge in [-0.25, -0.2) is 0 Å². The summed E-state index contributed by atoms with van der Waals surface area (Å²) < 4.78 is 6.30. The van der Waals surface area contributed by atoms with Gasteiger partial charge in [0.1, 0.15) is 6.61 Å². The van der Waals surface area contributed by atoms with Gasteiger partial charge in [-0.1, -0.05) is 34.8 Å². The SMILES string of the molecule is CN(CCOc1c(Cl)cc(Cl)cc1Cl)C(=O)c1cncc(Br)c1. The number of aromatic nitrogens is 1. The van der Waals surface area contributed by atoms with E-state index in [2.05, 4.69) is 20.9 Å². The van der Waals surface area contributed by atoms with E-state index in [0.29, 0.717) is 32.9 Å². The molecule has 8 heteroatoms. The Hall–Kier alpha value is -1.01. The van der Waals surface area contributed by atoms with Crippen molar-refractivity contribution >= 4 is 56.6 Å². The van der Waals surface area contributed by atoms with Crippen LogP contribution >= 0.6 is 50.7 Å². The Balaban J connectivity index is 1.95.